The van der Waals surface area contributed by atoms with E-state index in [0.717, 1.165) is 13.0 Å². The van der Waals surface area contributed by atoms with Crippen molar-refractivity contribution in [3.05, 3.63) is 42.0 Å². The molecule has 0 spiro atoms. The Hall–Kier alpha value is -1.11. The van der Waals surface area contributed by atoms with Crippen molar-refractivity contribution in [1.29, 1.82) is 0 Å². The summed E-state index contributed by atoms with van der Waals surface area (Å²) in [5.74, 6) is 0. The molecule has 0 unspecified atom stereocenters. The fourth-order valence-electron chi connectivity index (χ4n) is 1.47. The molecule has 6 heteroatoms. The van der Waals surface area contributed by atoms with Crippen LogP contribution in [0.2, 0.25) is 0 Å². The molecular formula is C11H14N2O2S2. The number of rotatable bonds is 6. The van der Waals surface area contributed by atoms with E-state index in [1.807, 2.05) is 29.1 Å². The second-order valence-electron chi connectivity index (χ2n) is 3.60. The van der Waals surface area contributed by atoms with Crippen LogP contribution in [0.5, 0.6) is 0 Å². The fraction of sp³-hybridized carbons (Fsp3) is 0.273. The lowest BCUT2D eigenvalue weighted by Gasteiger charge is -2.05. The molecule has 0 aliphatic rings. The number of nitrogens with one attached hydrogen (secondary N) is 1. The Labute approximate surface area is 105 Å². The average Bonchev–Trinajstić information content (AvgIpc) is 2.97. The van der Waals surface area contributed by atoms with Gasteiger partial charge in [-0.15, -0.1) is 11.3 Å². The summed E-state index contributed by atoms with van der Waals surface area (Å²) >= 11 is 1.23. The highest BCUT2D eigenvalue weighted by atomic mass is 32.2. The SMILES string of the molecule is O=S(=O)(NCCCn1cccc1)c1cccs1. The fourth-order valence-corrected chi connectivity index (χ4v) is 3.59. The van der Waals surface area contributed by atoms with Gasteiger partial charge in [0, 0.05) is 25.5 Å². The van der Waals surface area contributed by atoms with Gasteiger partial charge in [-0.1, -0.05) is 6.07 Å². The summed E-state index contributed by atoms with van der Waals surface area (Å²) in [5.41, 5.74) is 0. The van der Waals surface area contributed by atoms with Crippen LogP contribution in [0.1, 0.15) is 6.42 Å². The summed E-state index contributed by atoms with van der Waals surface area (Å²) < 4.78 is 28.5. The van der Waals surface area contributed by atoms with E-state index in [1.165, 1.54) is 11.3 Å². The molecule has 0 aromatic carbocycles. The maximum absolute atomic E-state index is 11.7. The van der Waals surface area contributed by atoms with Crippen molar-refractivity contribution in [2.24, 2.45) is 0 Å². The topological polar surface area (TPSA) is 51.1 Å². The number of hydrogen-bond donors (Lipinski definition) is 1. The minimum atomic E-state index is -3.30. The highest BCUT2D eigenvalue weighted by Crippen LogP contribution is 2.14. The molecule has 17 heavy (non-hydrogen) atoms. The predicted molar refractivity (Wildman–Crippen MR) is 68.6 cm³/mol. The van der Waals surface area contributed by atoms with Crippen molar-refractivity contribution < 1.29 is 8.42 Å². The molecule has 2 aromatic rings. The standard InChI is InChI=1S/C11H14N2O2S2/c14-17(15,11-5-3-10-16-11)12-6-4-9-13-7-1-2-8-13/h1-3,5,7-8,10,12H,4,6,9H2. The molecule has 0 saturated heterocycles. The molecular weight excluding hydrogens is 256 g/mol. The van der Waals surface area contributed by atoms with Crippen LogP contribution in [-0.4, -0.2) is 19.5 Å². The van der Waals surface area contributed by atoms with Gasteiger partial charge in [-0.2, -0.15) is 0 Å². The van der Waals surface area contributed by atoms with Crippen molar-refractivity contribution in [3.63, 3.8) is 0 Å². The maximum atomic E-state index is 11.7. The number of aryl methyl sites for hydroxylation is 1. The molecule has 0 saturated carbocycles. The van der Waals surface area contributed by atoms with Gasteiger partial charge >= 0.3 is 0 Å². The second kappa shape index (κ2) is 5.48. The first-order chi connectivity index (χ1) is 8.18. The lowest BCUT2D eigenvalue weighted by atomic mass is 10.4. The van der Waals surface area contributed by atoms with E-state index in [4.69, 9.17) is 0 Å². The number of nitrogens with zero attached hydrogens (tertiary/aromatic N) is 1. The first-order valence-corrected chi connectivity index (χ1v) is 7.69. The van der Waals surface area contributed by atoms with Gasteiger partial charge in [-0.25, -0.2) is 13.1 Å². The molecule has 4 nitrogen and oxygen atoms in total. The van der Waals surface area contributed by atoms with Crippen molar-refractivity contribution in [1.82, 2.24) is 9.29 Å². The largest absolute Gasteiger partial charge is 0.354 e. The number of sulfonamides is 1. The number of thiophene rings is 1. The monoisotopic (exact) mass is 270 g/mol. The molecule has 0 atom stereocenters. The summed E-state index contributed by atoms with van der Waals surface area (Å²) in [7, 11) is -3.30. The van der Waals surface area contributed by atoms with E-state index in [2.05, 4.69) is 4.72 Å². The Morgan fingerprint density at radius 2 is 2.00 bits per heavy atom. The van der Waals surface area contributed by atoms with Crippen molar-refractivity contribution in [2.75, 3.05) is 6.54 Å². The molecule has 2 rings (SSSR count). The van der Waals surface area contributed by atoms with Gasteiger partial charge in [0.15, 0.2) is 0 Å². The summed E-state index contributed by atoms with van der Waals surface area (Å²) in [6.07, 6.45) is 4.71. The quantitative estimate of drug-likeness (QED) is 0.815. The van der Waals surface area contributed by atoms with Crippen LogP contribution in [0.25, 0.3) is 0 Å². The zero-order valence-electron chi connectivity index (χ0n) is 9.24. The van der Waals surface area contributed by atoms with E-state index < -0.39 is 10.0 Å². The zero-order valence-corrected chi connectivity index (χ0v) is 10.9. The Kier molecular flexibility index (Phi) is 3.98. The maximum Gasteiger partial charge on any atom is 0.250 e. The zero-order chi connectivity index (χ0) is 12.1. The summed E-state index contributed by atoms with van der Waals surface area (Å²) in [4.78, 5) is 0. The van der Waals surface area contributed by atoms with Gasteiger partial charge < -0.3 is 4.57 Å². The Bertz CT molecular complexity index is 530. The Morgan fingerprint density at radius 3 is 2.65 bits per heavy atom. The van der Waals surface area contributed by atoms with Crippen molar-refractivity contribution in [2.45, 2.75) is 17.2 Å². The third-order valence-corrected chi connectivity index (χ3v) is 5.17. The van der Waals surface area contributed by atoms with Gasteiger partial charge in [-0.3, -0.25) is 0 Å². The summed E-state index contributed by atoms with van der Waals surface area (Å²) in [6.45, 7) is 1.28. The van der Waals surface area contributed by atoms with E-state index in [0.29, 0.717) is 10.8 Å². The van der Waals surface area contributed by atoms with Gasteiger partial charge in [0.1, 0.15) is 4.21 Å². The lowest BCUT2D eigenvalue weighted by Crippen LogP contribution is -2.24. The Balaban J connectivity index is 1.79. The first kappa shape index (κ1) is 12.3. The first-order valence-electron chi connectivity index (χ1n) is 5.32. The minimum absolute atomic E-state index is 0.374. The molecule has 92 valence electrons. The van der Waals surface area contributed by atoms with Gasteiger partial charge in [-0.05, 0) is 30.0 Å². The molecule has 2 heterocycles. The van der Waals surface area contributed by atoms with Gasteiger partial charge in [0.05, 0.1) is 0 Å². The van der Waals surface area contributed by atoms with E-state index in [1.54, 1.807) is 17.5 Å². The van der Waals surface area contributed by atoms with E-state index in [-0.39, 0.29) is 0 Å². The average molecular weight is 270 g/mol. The van der Waals surface area contributed by atoms with Crippen LogP contribution in [0.4, 0.5) is 0 Å². The predicted octanol–water partition coefficient (Wildman–Crippen LogP) is 1.92. The van der Waals surface area contributed by atoms with Crippen molar-refractivity contribution >= 4 is 21.4 Å². The highest BCUT2D eigenvalue weighted by molar-refractivity contribution is 7.91. The molecule has 0 fully saturated rings. The van der Waals surface area contributed by atoms with E-state index >= 15 is 0 Å². The summed E-state index contributed by atoms with van der Waals surface area (Å²) in [6, 6.07) is 7.25. The third kappa shape index (κ3) is 3.42. The van der Waals surface area contributed by atoms with Crippen LogP contribution in [0, 0.1) is 0 Å². The van der Waals surface area contributed by atoms with Crippen LogP contribution >= 0.6 is 11.3 Å². The second-order valence-corrected chi connectivity index (χ2v) is 6.55. The third-order valence-electron chi connectivity index (χ3n) is 2.31. The van der Waals surface area contributed by atoms with Gasteiger partial charge in [0.2, 0.25) is 10.0 Å². The van der Waals surface area contributed by atoms with E-state index in [9.17, 15) is 8.42 Å². The van der Waals surface area contributed by atoms with Crippen LogP contribution in [0.3, 0.4) is 0 Å². The molecule has 0 amide bonds. The smallest absolute Gasteiger partial charge is 0.250 e. The normalized spacial score (nSPS) is 11.8. The summed E-state index contributed by atoms with van der Waals surface area (Å²) in [5, 5.41) is 1.76. The minimum Gasteiger partial charge on any atom is -0.354 e. The molecule has 0 radical (unpaired) electrons. The molecule has 0 aliphatic heterocycles. The lowest BCUT2D eigenvalue weighted by molar-refractivity contribution is 0.572. The van der Waals surface area contributed by atoms with Crippen LogP contribution < -0.4 is 4.72 Å². The molecule has 0 aliphatic carbocycles. The molecule has 2 aromatic heterocycles. The van der Waals surface area contributed by atoms with Gasteiger partial charge in [0.25, 0.3) is 0 Å². The number of hydrogen-bond acceptors (Lipinski definition) is 3. The highest BCUT2D eigenvalue weighted by Gasteiger charge is 2.13. The Morgan fingerprint density at radius 1 is 1.24 bits per heavy atom. The van der Waals surface area contributed by atoms with Crippen molar-refractivity contribution in [3.8, 4) is 0 Å². The van der Waals surface area contributed by atoms with Crippen LogP contribution in [-0.2, 0) is 16.6 Å². The molecule has 0 bridgehead atoms. The van der Waals surface area contributed by atoms with Crippen LogP contribution in [0.15, 0.2) is 46.2 Å². The number of aromatic nitrogens is 1. The molecule has 1 N–H and O–H groups in total.